The molecular weight excluding hydrogens is 828 g/mol. The molecule has 0 aliphatic rings. The summed E-state index contributed by atoms with van der Waals surface area (Å²) in [5.41, 5.74) is -9.35. The molecule has 0 aromatic rings. The third-order valence-corrected chi connectivity index (χ3v) is 16.3. The van der Waals surface area contributed by atoms with Crippen molar-refractivity contribution in [3.05, 3.63) is 0 Å². The summed E-state index contributed by atoms with van der Waals surface area (Å²) in [5, 5.41) is 0. The summed E-state index contributed by atoms with van der Waals surface area (Å²) in [6.07, 6.45) is -6.22. The third kappa shape index (κ3) is 22.9. The van der Waals surface area contributed by atoms with Gasteiger partial charge in [-0.3, -0.25) is 36.5 Å². The van der Waals surface area contributed by atoms with Crippen LogP contribution in [0.25, 0.3) is 0 Å². The van der Waals surface area contributed by atoms with Crippen molar-refractivity contribution in [2.45, 2.75) is 22.6 Å². The lowest BCUT2D eigenvalue weighted by Gasteiger charge is -2.35. The summed E-state index contributed by atoms with van der Waals surface area (Å²) in [6.45, 7) is -6.71. The maximum absolute atomic E-state index is 12.1. The SMILES string of the molecule is O=P(O)(O)CC(CN(CCN(CC(CP(=O)(O)O)P(=O)(O)O)CC(CP(=O)(O)O)P(=O)(O)O)CC(CP(=O)(O)O)P(=O)(O)O)P(=O)(O)O. The zero-order valence-electron chi connectivity index (χ0n) is 24.3. The van der Waals surface area contributed by atoms with E-state index in [0.29, 0.717) is 9.80 Å². The average Bonchev–Trinajstić information content (AvgIpc) is 2.74. The average molecular weight is 868 g/mol. The van der Waals surface area contributed by atoms with Gasteiger partial charge in [0.1, 0.15) is 0 Å². The van der Waals surface area contributed by atoms with Gasteiger partial charge in [-0.2, -0.15) is 0 Å². The molecule has 0 aliphatic heterocycles. The molecule has 4 unspecified atom stereocenters. The van der Waals surface area contributed by atoms with E-state index in [1.165, 1.54) is 0 Å². The molecule has 26 nitrogen and oxygen atoms in total. The molecule has 0 spiro atoms. The second kappa shape index (κ2) is 18.0. The summed E-state index contributed by atoms with van der Waals surface area (Å²) in [7, 11) is -43.1. The molecule has 48 heavy (non-hydrogen) atoms. The van der Waals surface area contributed by atoms with Gasteiger partial charge >= 0.3 is 60.8 Å². The second-order valence-electron chi connectivity index (χ2n) is 10.9. The van der Waals surface area contributed by atoms with E-state index in [2.05, 4.69) is 0 Å². The summed E-state index contributed by atoms with van der Waals surface area (Å²) in [4.78, 5) is 153. The number of hydrogen-bond donors (Lipinski definition) is 16. The fraction of sp³-hybridized carbons (Fsp3) is 1.00. The molecule has 16 N–H and O–H groups in total. The second-order valence-corrected chi connectivity index (χ2v) is 25.3. The van der Waals surface area contributed by atoms with Crippen molar-refractivity contribution in [2.24, 2.45) is 0 Å². The highest BCUT2D eigenvalue weighted by molar-refractivity contribution is 7.58. The van der Waals surface area contributed by atoms with Crippen molar-refractivity contribution in [3.8, 4) is 0 Å². The molecule has 0 amide bonds. The van der Waals surface area contributed by atoms with Gasteiger partial charge in [-0.1, -0.05) is 0 Å². The fourth-order valence-electron chi connectivity index (χ4n) is 4.17. The first-order chi connectivity index (χ1) is 20.8. The standard InChI is InChI=1S/C14H40N2O24P8/c17-41(18,19)7-11(45(29,30)31)3-15(4-12(46(32,33)34)8-42(20,21)22)1-2-16(5-13(47(35,36)37)9-43(23,24)25)6-14(48(38,39)40)10-44(26,27)28/h11-14H,1-10H2,(H2,17,18,19)(H2,20,21,22)(H2,23,24,25)(H2,26,27,28)(H2,29,30,31)(H2,32,33,34)(H2,35,36,37)(H2,38,39,40). The highest BCUT2D eigenvalue weighted by Crippen LogP contribution is 2.53. The topological polar surface area (TPSA) is 467 Å². The Balaban J connectivity index is 7.06. The van der Waals surface area contributed by atoms with Gasteiger partial charge in [-0.15, -0.1) is 0 Å². The summed E-state index contributed by atoms with van der Waals surface area (Å²) >= 11 is 0. The number of rotatable bonds is 23. The van der Waals surface area contributed by atoms with Crippen LogP contribution in [0.1, 0.15) is 0 Å². The largest absolute Gasteiger partial charge is 0.330 e. The highest BCUT2D eigenvalue weighted by Gasteiger charge is 2.42. The van der Waals surface area contributed by atoms with Gasteiger partial charge in [-0.25, -0.2) is 0 Å². The molecule has 0 aromatic carbocycles. The Morgan fingerprint density at radius 2 is 0.458 bits per heavy atom. The summed E-state index contributed by atoms with van der Waals surface area (Å²) < 4.78 is 94.7. The zero-order chi connectivity index (χ0) is 38.5. The van der Waals surface area contributed by atoms with E-state index in [9.17, 15) is 115 Å². The van der Waals surface area contributed by atoms with Gasteiger partial charge in [0.15, 0.2) is 0 Å². The van der Waals surface area contributed by atoms with Crippen molar-refractivity contribution in [1.29, 1.82) is 0 Å². The molecule has 0 bridgehead atoms. The number of nitrogens with zero attached hydrogens (tertiary/aromatic N) is 2. The van der Waals surface area contributed by atoms with E-state index >= 15 is 0 Å². The van der Waals surface area contributed by atoms with Crippen LogP contribution in [0, 0.1) is 0 Å². The van der Waals surface area contributed by atoms with E-state index in [0.717, 1.165) is 0 Å². The van der Waals surface area contributed by atoms with Crippen LogP contribution < -0.4 is 0 Å². The van der Waals surface area contributed by atoms with Gasteiger partial charge in [0.2, 0.25) is 0 Å². The Hall–Kier alpha value is 1.12. The first-order valence-electron chi connectivity index (χ1n) is 12.6. The van der Waals surface area contributed by atoms with Gasteiger partial charge in [0, 0.05) is 39.3 Å². The normalized spacial score (nSPS) is 17.5. The molecule has 4 atom stereocenters. The minimum Gasteiger partial charge on any atom is -0.324 e. The molecule has 290 valence electrons. The first-order valence-corrected chi connectivity index (χ1v) is 26.5. The molecule has 0 saturated carbocycles. The Kier molecular flexibility index (Phi) is 18.4. The van der Waals surface area contributed by atoms with Crippen LogP contribution in [-0.2, 0) is 36.5 Å². The van der Waals surface area contributed by atoms with Crippen molar-refractivity contribution in [2.75, 3.05) is 63.9 Å². The van der Waals surface area contributed by atoms with E-state index in [1.807, 2.05) is 0 Å². The van der Waals surface area contributed by atoms with E-state index in [-0.39, 0.29) is 0 Å². The summed E-state index contributed by atoms with van der Waals surface area (Å²) in [5.74, 6) is 0. The minimum atomic E-state index is -5.51. The maximum atomic E-state index is 12.1. The van der Waals surface area contributed by atoms with Crippen LogP contribution in [0.15, 0.2) is 0 Å². The molecule has 0 heterocycles. The van der Waals surface area contributed by atoms with E-state index in [1.54, 1.807) is 0 Å². The van der Waals surface area contributed by atoms with E-state index < -0.39 is 147 Å². The van der Waals surface area contributed by atoms with Crippen LogP contribution >= 0.6 is 60.8 Å². The van der Waals surface area contributed by atoms with Gasteiger partial charge in [0.05, 0.1) is 47.3 Å². The van der Waals surface area contributed by atoms with Gasteiger partial charge in [0.25, 0.3) is 0 Å². The van der Waals surface area contributed by atoms with E-state index in [4.69, 9.17) is 0 Å². The van der Waals surface area contributed by atoms with Gasteiger partial charge < -0.3 is 88.1 Å². The van der Waals surface area contributed by atoms with Crippen LogP contribution in [0.3, 0.4) is 0 Å². The Labute approximate surface area is 271 Å². The first kappa shape index (κ1) is 49.1. The van der Waals surface area contributed by atoms with Crippen molar-refractivity contribution in [1.82, 2.24) is 9.80 Å². The van der Waals surface area contributed by atoms with Crippen LogP contribution in [-0.4, -0.2) is 175 Å². The molecule has 0 fully saturated rings. The quantitative estimate of drug-likeness (QED) is 0.0443. The summed E-state index contributed by atoms with van der Waals surface area (Å²) in [6, 6.07) is 0. The van der Waals surface area contributed by atoms with Crippen LogP contribution in [0.2, 0.25) is 0 Å². The highest BCUT2D eigenvalue weighted by atomic mass is 31.2. The molecule has 0 radical (unpaired) electrons. The van der Waals surface area contributed by atoms with Crippen molar-refractivity contribution >= 4 is 60.8 Å². The minimum absolute atomic E-state index is 0.580. The Bertz CT molecular complexity index is 1230. The van der Waals surface area contributed by atoms with Crippen molar-refractivity contribution < 1.29 is 115 Å². The smallest absolute Gasteiger partial charge is 0.324 e. The fourth-order valence-corrected chi connectivity index (χ4v) is 14.6. The molecule has 0 rings (SSSR count). The Morgan fingerprint density at radius 1 is 0.312 bits per heavy atom. The lowest BCUT2D eigenvalue weighted by molar-refractivity contribution is 0.189. The van der Waals surface area contributed by atoms with Gasteiger partial charge in [-0.05, 0) is 0 Å². The third-order valence-electron chi connectivity index (χ3n) is 6.31. The predicted molar refractivity (Wildman–Crippen MR) is 164 cm³/mol. The zero-order valence-corrected chi connectivity index (χ0v) is 31.4. The maximum Gasteiger partial charge on any atom is 0.330 e. The van der Waals surface area contributed by atoms with Crippen LogP contribution in [0.4, 0.5) is 0 Å². The van der Waals surface area contributed by atoms with Crippen LogP contribution in [0.5, 0.6) is 0 Å². The predicted octanol–water partition coefficient (Wildman–Crippen LogP) is -3.51. The lowest BCUT2D eigenvalue weighted by atomic mass is 10.3. The lowest BCUT2D eigenvalue weighted by Crippen LogP contribution is -2.47. The Morgan fingerprint density at radius 3 is 0.562 bits per heavy atom. The molecular formula is C14H40N2O24P8. The number of hydrogen-bond acceptors (Lipinski definition) is 10. The molecule has 34 heteroatoms. The monoisotopic (exact) mass is 868 g/mol. The molecule has 0 saturated heterocycles. The van der Waals surface area contributed by atoms with Crippen molar-refractivity contribution in [3.63, 3.8) is 0 Å². The molecule has 0 aliphatic carbocycles. The molecule has 0 aromatic heterocycles.